The van der Waals surface area contributed by atoms with Crippen LogP contribution in [0.4, 0.5) is 0 Å². The molecule has 1 atom stereocenters. The van der Waals surface area contributed by atoms with Gasteiger partial charge >= 0.3 is 0 Å². The van der Waals surface area contributed by atoms with Crippen molar-refractivity contribution in [2.75, 3.05) is 53.2 Å². The number of ether oxygens (including phenoxy) is 4. The molecule has 4 rings (SSSR count). The van der Waals surface area contributed by atoms with E-state index >= 15 is 0 Å². The summed E-state index contributed by atoms with van der Waals surface area (Å²) < 4.78 is 22.1. The van der Waals surface area contributed by atoms with E-state index in [1.165, 1.54) is 5.56 Å². The maximum Gasteiger partial charge on any atom is 0.231 e. The summed E-state index contributed by atoms with van der Waals surface area (Å²) in [4.78, 5) is 4.71. The maximum atomic E-state index is 10.5. The van der Waals surface area contributed by atoms with Gasteiger partial charge in [0.25, 0.3) is 0 Å². The molecule has 0 radical (unpaired) electrons. The van der Waals surface area contributed by atoms with E-state index in [9.17, 15) is 5.11 Å². The van der Waals surface area contributed by atoms with E-state index in [-0.39, 0.29) is 6.61 Å². The van der Waals surface area contributed by atoms with Crippen LogP contribution in [0.25, 0.3) is 0 Å². The lowest BCUT2D eigenvalue weighted by atomic mass is 10.1. The van der Waals surface area contributed by atoms with Crippen molar-refractivity contribution in [2.24, 2.45) is 0 Å². The second-order valence-electron chi connectivity index (χ2n) is 8.21. The fourth-order valence-electron chi connectivity index (χ4n) is 4.09. The van der Waals surface area contributed by atoms with Gasteiger partial charge in [-0.1, -0.05) is 18.2 Å². The van der Waals surface area contributed by atoms with Gasteiger partial charge in [-0.3, -0.25) is 9.80 Å². The second-order valence-corrected chi connectivity index (χ2v) is 8.21. The molecule has 0 saturated carbocycles. The summed E-state index contributed by atoms with van der Waals surface area (Å²) in [7, 11) is 1.62. The molecule has 172 valence electrons. The molecule has 2 aromatic carbocycles. The van der Waals surface area contributed by atoms with Crippen molar-refractivity contribution < 1.29 is 24.1 Å². The van der Waals surface area contributed by atoms with Crippen LogP contribution < -0.4 is 18.9 Å². The van der Waals surface area contributed by atoms with Gasteiger partial charge in [-0.15, -0.1) is 6.58 Å². The van der Waals surface area contributed by atoms with Gasteiger partial charge in [-0.25, -0.2) is 0 Å². The molecule has 7 nitrogen and oxygen atoms in total. The predicted molar refractivity (Wildman–Crippen MR) is 123 cm³/mol. The largest absolute Gasteiger partial charge is 0.493 e. The van der Waals surface area contributed by atoms with Gasteiger partial charge in [0.2, 0.25) is 6.79 Å². The third-order valence-electron chi connectivity index (χ3n) is 5.82. The highest BCUT2D eigenvalue weighted by Crippen LogP contribution is 2.33. The Kier molecular flexibility index (Phi) is 7.52. The molecule has 1 fully saturated rings. The van der Waals surface area contributed by atoms with Gasteiger partial charge in [-0.2, -0.15) is 0 Å². The number of fused-ring (bicyclic) bond motifs is 1. The second kappa shape index (κ2) is 10.7. The molecule has 2 aromatic rings. The van der Waals surface area contributed by atoms with Crippen molar-refractivity contribution in [1.29, 1.82) is 0 Å². The number of aliphatic hydroxyl groups excluding tert-OH is 1. The molecule has 0 bridgehead atoms. The highest BCUT2D eigenvalue weighted by Gasteiger charge is 2.21. The fourth-order valence-corrected chi connectivity index (χ4v) is 4.09. The van der Waals surface area contributed by atoms with Crippen molar-refractivity contribution in [3.8, 4) is 23.0 Å². The number of allylic oxidation sites excluding steroid dienone is 1. The van der Waals surface area contributed by atoms with Crippen LogP contribution in [0.1, 0.15) is 11.1 Å². The van der Waals surface area contributed by atoms with Crippen molar-refractivity contribution >= 4 is 0 Å². The lowest BCUT2D eigenvalue weighted by Crippen LogP contribution is -2.48. The molecular weight excluding hydrogens is 408 g/mol. The SMILES string of the molecule is C=CCc1ccc(OCC(O)CN2CCN(Cc3ccc4c(c3)OCO4)CC2)c(OC)c1. The van der Waals surface area contributed by atoms with Gasteiger partial charge in [0.05, 0.1) is 7.11 Å². The summed E-state index contributed by atoms with van der Waals surface area (Å²) in [6, 6.07) is 12.0. The minimum absolute atomic E-state index is 0.231. The van der Waals surface area contributed by atoms with E-state index in [1.54, 1.807) is 7.11 Å². The lowest BCUT2D eigenvalue weighted by Gasteiger charge is -2.35. The van der Waals surface area contributed by atoms with Crippen LogP contribution in [0.15, 0.2) is 49.1 Å². The highest BCUT2D eigenvalue weighted by molar-refractivity contribution is 5.44. The van der Waals surface area contributed by atoms with Gasteiger partial charge in [-0.05, 0) is 41.8 Å². The zero-order valence-corrected chi connectivity index (χ0v) is 18.7. The number of hydrogen-bond donors (Lipinski definition) is 1. The molecule has 1 unspecified atom stereocenters. The average molecular weight is 441 g/mol. The molecule has 7 heteroatoms. The van der Waals surface area contributed by atoms with Crippen LogP contribution in [-0.2, 0) is 13.0 Å². The molecule has 32 heavy (non-hydrogen) atoms. The van der Waals surface area contributed by atoms with E-state index in [2.05, 4.69) is 28.5 Å². The summed E-state index contributed by atoms with van der Waals surface area (Å²) in [6.07, 6.45) is 2.07. The number of methoxy groups -OCH3 is 1. The Balaban J connectivity index is 1.20. The highest BCUT2D eigenvalue weighted by atomic mass is 16.7. The summed E-state index contributed by atoms with van der Waals surface area (Å²) in [5.41, 5.74) is 2.34. The van der Waals surface area contributed by atoms with Gasteiger partial charge in [0.15, 0.2) is 23.0 Å². The molecule has 2 heterocycles. The van der Waals surface area contributed by atoms with Crippen molar-refractivity contribution in [3.05, 3.63) is 60.2 Å². The third kappa shape index (κ3) is 5.73. The standard InChI is InChI=1S/C25H32N2O5/c1-3-4-19-5-7-22(24(13-19)29-2)30-17-21(28)16-27-11-9-26(10-12-27)15-20-6-8-23-25(14-20)32-18-31-23/h3,5-8,13-14,21,28H,1,4,9-12,15-18H2,2H3. The Hall–Kier alpha value is -2.74. The first-order chi connectivity index (χ1) is 15.6. The molecule has 0 spiro atoms. The predicted octanol–water partition coefficient (Wildman–Crippen LogP) is 2.71. The average Bonchev–Trinajstić information content (AvgIpc) is 3.27. The van der Waals surface area contributed by atoms with Crippen LogP contribution in [0.2, 0.25) is 0 Å². The summed E-state index contributed by atoms with van der Waals surface area (Å²) in [6.45, 7) is 9.53. The van der Waals surface area contributed by atoms with Crippen LogP contribution in [0.5, 0.6) is 23.0 Å². The number of β-amino-alcohol motifs (C(OH)–C–C–N with tert-alkyl or cyclic N) is 1. The fraction of sp³-hybridized carbons (Fsp3) is 0.440. The molecular formula is C25H32N2O5. The molecule has 1 saturated heterocycles. The first-order valence-corrected chi connectivity index (χ1v) is 11.1. The third-order valence-corrected chi connectivity index (χ3v) is 5.82. The van der Waals surface area contributed by atoms with Crippen LogP contribution in [0, 0.1) is 0 Å². The van der Waals surface area contributed by atoms with Crippen LogP contribution in [0.3, 0.4) is 0 Å². The monoisotopic (exact) mass is 440 g/mol. The summed E-state index contributed by atoms with van der Waals surface area (Å²) >= 11 is 0. The maximum absolute atomic E-state index is 10.5. The molecule has 2 aliphatic rings. The number of aliphatic hydroxyl groups is 1. The Labute approximate surface area is 189 Å². The van der Waals surface area contributed by atoms with Crippen LogP contribution >= 0.6 is 0 Å². The molecule has 0 amide bonds. The van der Waals surface area contributed by atoms with E-state index in [4.69, 9.17) is 18.9 Å². The number of benzene rings is 2. The van der Waals surface area contributed by atoms with Gasteiger partial charge in [0, 0.05) is 39.3 Å². The Morgan fingerprint density at radius 1 is 1.00 bits per heavy atom. The van der Waals surface area contributed by atoms with E-state index in [0.717, 1.165) is 56.2 Å². The molecule has 0 aromatic heterocycles. The number of rotatable bonds is 10. The topological polar surface area (TPSA) is 63.6 Å². The number of piperazine rings is 1. The minimum Gasteiger partial charge on any atom is -0.493 e. The Bertz CT molecular complexity index is 911. The van der Waals surface area contributed by atoms with Crippen molar-refractivity contribution in [1.82, 2.24) is 9.80 Å². The number of hydrogen-bond acceptors (Lipinski definition) is 7. The normalized spacial score (nSPS) is 17.2. The molecule has 0 aliphatic carbocycles. The Morgan fingerprint density at radius 3 is 2.53 bits per heavy atom. The van der Waals surface area contributed by atoms with E-state index < -0.39 is 6.10 Å². The quantitative estimate of drug-likeness (QED) is 0.570. The zero-order chi connectivity index (χ0) is 22.3. The molecule has 2 aliphatic heterocycles. The van der Waals surface area contributed by atoms with Gasteiger partial charge < -0.3 is 24.1 Å². The van der Waals surface area contributed by atoms with Crippen molar-refractivity contribution in [2.45, 2.75) is 19.1 Å². The Morgan fingerprint density at radius 2 is 1.75 bits per heavy atom. The van der Waals surface area contributed by atoms with Crippen molar-refractivity contribution in [3.63, 3.8) is 0 Å². The van der Waals surface area contributed by atoms with Crippen LogP contribution in [-0.4, -0.2) is 74.2 Å². The van der Waals surface area contributed by atoms with E-state index in [1.807, 2.05) is 30.3 Å². The summed E-state index contributed by atoms with van der Waals surface area (Å²) in [5.74, 6) is 2.97. The first-order valence-electron chi connectivity index (χ1n) is 11.1. The molecule has 1 N–H and O–H groups in total. The first kappa shape index (κ1) is 22.5. The lowest BCUT2D eigenvalue weighted by molar-refractivity contribution is 0.0440. The van der Waals surface area contributed by atoms with Gasteiger partial charge in [0.1, 0.15) is 12.7 Å². The summed E-state index contributed by atoms with van der Waals surface area (Å²) in [5, 5.41) is 10.5. The minimum atomic E-state index is -0.562. The van der Waals surface area contributed by atoms with E-state index in [0.29, 0.717) is 24.8 Å². The number of nitrogens with zero attached hydrogens (tertiary/aromatic N) is 2. The smallest absolute Gasteiger partial charge is 0.231 e. The zero-order valence-electron chi connectivity index (χ0n) is 18.7.